The lowest BCUT2D eigenvalue weighted by molar-refractivity contribution is 0.0769. The van der Waals surface area contributed by atoms with Gasteiger partial charge < -0.3 is 10.2 Å². The van der Waals surface area contributed by atoms with Crippen molar-refractivity contribution in [3.63, 3.8) is 0 Å². The number of carbonyl (C=O) groups excluding carboxylic acids is 1. The van der Waals surface area contributed by atoms with E-state index in [1.807, 2.05) is 29.2 Å². The normalized spacial score (nSPS) is 16.2. The van der Waals surface area contributed by atoms with E-state index in [0.717, 1.165) is 30.8 Å². The van der Waals surface area contributed by atoms with Crippen molar-refractivity contribution in [1.29, 1.82) is 0 Å². The third kappa shape index (κ3) is 2.14. The van der Waals surface area contributed by atoms with Crippen LogP contribution in [0.1, 0.15) is 15.9 Å². The molecule has 1 heterocycles. The van der Waals surface area contributed by atoms with E-state index in [0.29, 0.717) is 6.54 Å². The van der Waals surface area contributed by atoms with Crippen LogP contribution in [-0.4, -0.2) is 30.4 Å². The van der Waals surface area contributed by atoms with Gasteiger partial charge in [-0.3, -0.25) is 4.79 Å². The molecule has 1 aliphatic heterocycles. The lowest BCUT2D eigenvalue weighted by atomic mass is 10.1. The second-order valence-corrected chi connectivity index (χ2v) is 3.87. The van der Waals surface area contributed by atoms with Crippen LogP contribution in [0.3, 0.4) is 0 Å². The van der Waals surface area contributed by atoms with Crippen molar-refractivity contribution >= 4 is 5.91 Å². The highest BCUT2D eigenvalue weighted by atomic mass is 16.2. The average molecular weight is 216 g/mol. The maximum atomic E-state index is 12.2. The SMILES string of the molecule is C=CCN1CCNCc2ccccc2C1=O. The van der Waals surface area contributed by atoms with Crippen LogP contribution >= 0.6 is 0 Å². The minimum Gasteiger partial charge on any atom is -0.334 e. The van der Waals surface area contributed by atoms with Gasteiger partial charge in [0, 0.05) is 31.7 Å². The van der Waals surface area contributed by atoms with Gasteiger partial charge in [-0.1, -0.05) is 24.3 Å². The van der Waals surface area contributed by atoms with E-state index in [2.05, 4.69) is 11.9 Å². The Balaban J connectivity index is 2.33. The van der Waals surface area contributed by atoms with Gasteiger partial charge in [-0.2, -0.15) is 0 Å². The van der Waals surface area contributed by atoms with E-state index in [1.54, 1.807) is 6.08 Å². The van der Waals surface area contributed by atoms with E-state index in [-0.39, 0.29) is 5.91 Å². The zero-order chi connectivity index (χ0) is 11.4. The third-order valence-electron chi connectivity index (χ3n) is 2.76. The molecule has 1 aliphatic rings. The van der Waals surface area contributed by atoms with Crippen LogP contribution in [0.15, 0.2) is 36.9 Å². The molecule has 1 amide bonds. The lowest BCUT2D eigenvalue weighted by Crippen LogP contribution is -2.39. The maximum absolute atomic E-state index is 12.2. The van der Waals surface area contributed by atoms with Gasteiger partial charge in [0.15, 0.2) is 0 Å². The quantitative estimate of drug-likeness (QED) is 0.758. The Morgan fingerprint density at radius 1 is 1.44 bits per heavy atom. The van der Waals surface area contributed by atoms with E-state index < -0.39 is 0 Å². The summed E-state index contributed by atoms with van der Waals surface area (Å²) in [7, 11) is 0. The predicted octanol–water partition coefficient (Wildman–Crippen LogP) is 1.42. The summed E-state index contributed by atoms with van der Waals surface area (Å²) in [6, 6.07) is 7.76. The van der Waals surface area contributed by atoms with Crippen molar-refractivity contribution in [1.82, 2.24) is 10.2 Å². The molecule has 1 aromatic rings. The Bertz CT molecular complexity index is 401. The van der Waals surface area contributed by atoms with Crippen LogP contribution in [0.4, 0.5) is 0 Å². The van der Waals surface area contributed by atoms with Gasteiger partial charge in [0.2, 0.25) is 0 Å². The average Bonchev–Trinajstić information content (AvgIpc) is 2.31. The fourth-order valence-corrected chi connectivity index (χ4v) is 1.92. The summed E-state index contributed by atoms with van der Waals surface area (Å²) in [6.07, 6.45) is 1.77. The first-order valence-corrected chi connectivity index (χ1v) is 5.51. The molecule has 0 saturated carbocycles. The summed E-state index contributed by atoms with van der Waals surface area (Å²) < 4.78 is 0. The molecule has 0 unspecified atom stereocenters. The maximum Gasteiger partial charge on any atom is 0.254 e. The molecule has 0 fully saturated rings. The highest BCUT2D eigenvalue weighted by Gasteiger charge is 2.19. The molecular weight excluding hydrogens is 200 g/mol. The molecule has 3 heteroatoms. The molecule has 0 spiro atoms. The smallest absolute Gasteiger partial charge is 0.254 e. The summed E-state index contributed by atoms with van der Waals surface area (Å²) in [5.41, 5.74) is 1.87. The number of carbonyl (C=O) groups is 1. The molecule has 0 atom stereocenters. The van der Waals surface area contributed by atoms with Gasteiger partial charge in [-0.25, -0.2) is 0 Å². The van der Waals surface area contributed by atoms with Crippen molar-refractivity contribution in [2.24, 2.45) is 0 Å². The summed E-state index contributed by atoms with van der Waals surface area (Å²) in [4.78, 5) is 14.0. The highest BCUT2D eigenvalue weighted by molar-refractivity contribution is 5.95. The molecular formula is C13H16N2O. The molecule has 2 rings (SSSR count). The van der Waals surface area contributed by atoms with Crippen molar-refractivity contribution in [2.75, 3.05) is 19.6 Å². The van der Waals surface area contributed by atoms with E-state index in [4.69, 9.17) is 0 Å². The number of hydrogen-bond acceptors (Lipinski definition) is 2. The molecule has 0 radical (unpaired) electrons. The van der Waals surface area contributed by atoms with Crippen molar-refractivity contribution < 1.29 is 4.79 Å². The molecule has 0 aliphatic carbocycles. The number of fused-ring (bicyclic) bond motifs is 1. The molecule has 1 N–H and O–H groups in total. The number of amides is 1. The van der Waals surface area contributed by atoms with Gasteiger partial charge in [-0.15, -0.1) is 6.58 Å². The Morgan fingerprint density at radius 3 is 3.06 bits per heavy atom. The minimum absolute atomic E-state index is 0.108. The van der Waals surface area contributed by atoms with Crippen LogP contribution in [0.5, 0.6) is 0 Å². The first kappa shape index (κ1) is 10.9. The largest absolute Gasteiger partial charge is 0.334 e. The number of hydrogen-bond donors (Lipinski definition) is 1. The van der Waals surface area contributed by atoms with Crippen LogP contribution in [-0.2, 0) is 6.54 Å². The van der Waals surface area contributed by atoms with Crippen LogP contribution in [0.25, 0.3) is 0 Å². The lowest BCUT2D eigenvalue weighted by Gasteiger charge is -2.25. The van der Waals surface area contributed by atoms with E-state index in [1.165, 1.54) is 0 Å². The van der Waals surface area contributed by atoms with Gasteiger partial charge in [0.05, 0.1) is 0 Å². The number of nitrogens with zero attached hydrogens (tertiary/aromatic N) is 1. The number of benzene rings is 1. The molecule has 0 aromatic heterocycles. The second-order valence-electron chi connectivity index (χ2n) is 3.87. The van der Waals surface area contributed by atoms with E-state index >= 15 is 0 Å². The van der Waals surface area contributed by atoms with Crippen LogP contribution in [0, 0.1) is 0 Å². The van der Waals surface area contributed by atoms with Crippen LogP contribution < -0.4 is 5.32 Å². The first-order valence-electron chi connectivity index (χ1n) is 5.51. The van der Waals surface area contributed by atoms with Crippen molar-refractivity contribution in [3.05, 3.63) is 48.0 Å². The van der Waals surface area contributed by atoms with Crippen molar-refractivity contribution in [3.8, 4) is 0 Å². The Labute approximate surface area is 95.8 Å². The van der Waals surface area contributed by atoms with Gasteiger partial charge >= 0.3 is 0 Å². The zero-order valence-corrected chi connectivity index (χ0v) is 9.28. The van der Waals surface area contributed by atoms with Gasteiger partial charge in [0.1, 0.15) is 0 Å². The Kier molecular flexibility index (Phi) is 3.37. The second kappa shape index (κ2) is 4.94. The molecule has 1 aromatic carbocycles. The van der Waals surface area contributed by atoms with E-state index in [9.17, 15) is 4.79 Å². The number of nitrogens with one attached hydrogen (secondary N) is 1. The van der Waals surface area contributed by atoms with Gasteiger partial charge in [0.25, 0.3) is 5.91 Å². The fraction of sp³-hybridized carbons (Fsp3) is 0.308. The Hall–Kier alpha value is -1.61. The molecule has 16 heavy (non-hydrogen) atoms. The summed E-state index contributed by atoms with van der Waals surface area (Å²) in [6.45, 7) is 6.62. The first-order chi connectivity index (χ1) is 7.83. The number of rotatable bonds is 2. The molecule has 3 nitrogen and oxygen atoms in total. The highest BCUT2D eigenvalue weighted by Crippen LogP contribution is 2.13. The van der Waals surface area contributed by atoms with Gasteiger partial charge in [-0.05, 0) is 11.6 Å². The third-order valence-corrected chi connectivity index (χ3v) is 2.76. The monoisotopic (exact) mass is 216 g/mol. The molecule has 0 bridgehead atoms. The summed E-state index contributed by atoms with van der Waals surface area (Å²) in [5, 5.41) is 3.32. The summed E-state index contributed by atoms with van der Waals surface area (Å²) >= 11 is 0. The molecule has 84 valence electrons. The zero-order valence-electron chi connectivity index (χ0n) is 9.28. The summed E-state index contributed by atoms with van der Waals surface area (Å²) in [5.74, 6) is 0.108. The van der Waals surface area contributed by atoms with Crippen LogP contribution in [0.2, 0.25) is 0 Å². The predicted molar refractivity (Wildman–Crippen MR) is 64.2 cm³/mol. The van der Waals surface area contributed by atoms with Crippen molar-refractivity contribution in [2.45, 2.75) is 6.54 Å². The standard InChI is InChI=1S/C13H16N2O/c1-2-8-15-9-7-14-10-11-5-3-4-6-12(11)13(15)16/h2-6,14H,1,7-10H2. The molecule has 0 saturated heterocycles. The Morgan fingerprint density at radius 2 is 2.25 bits per heavy atom. The topological polar surface area (TPSA) is 32.3 Å². The fourth-order valence-electron chi connectivity index (χ4n) is 1.92. The minimum atomic E-state index is 0.108.